The van der Waals surface area contributed by atoms with E-state index in [2.05, 4.69) is 10.2 Å². The van der Waals surface area contributed by atoms with E-state index in [4.69, 9.17) is 4.42 Å². The molecule has 26 heavy (non-hydrogen) atoms. The van der Waals surface area contributed by atoms with Crippen LogP contribution in [0.4, 0.5) is 11.4 Å². The Morgan fingerprint density at radius 3 is 2.46 bits per heavy atom. The van der Waals surface area contributed by atoms with Crippen LogP contribution in [0.5, 0.6) is 0 Å². The number of nitrogens with one attached hydrogen (secondary N) is 1. The molecule has 0 unspecified atom stereocenters. The van der Waals surface area contributed by atoms with Crippen LogP contribution in [-0.2, 0) is 0 Å². The molecule has 3 aromatic rings. The lowest BCUT2D eigenvalue weighted by Crippen LogP contribution is -2.29. The molecule has 0 spiro atoms. The number of anilines is 2. The summed E-state index contributed by atoms with van der Waals surface area (Å²) in [5.74, 6) is -0.424. The fourth-order valence-electron chi connectivity index (χ4n) is 3.32. The molecule has 2 heterocycles. The molecule has 5 heteroatoms. The van der Waals surface area contributed by atoms with Gasteiger partial charge in [0.15, 0.2) is 11.2 Å². The van der Waals surface area contributed by atoms with Gasteiger partial charge < -0.3 is 14.6 Å². The Balaban J connectivity index is 1.52. The van der Waals surface area contributed by atoms with Gasteiger partial charge in [0.05, 0.1) is 5.39 Å². The number of amides is 1. The average Bonchev–Trinajstić information content (AvgIpc) is 2.69. The van der Waals surface area contributed by atoms with Gasteiger partial charge in [-0.25, -0.2) is 0 Å². The summed E-state index contributed by atoms with van der Waals surface area (Å²) in [5.41, 5.74) is 2.02. The Labute approximate surface area is 151 Å². The predicted octanol–water partition coefficient (Wildman–Crippen LogP) is 4.04. The normalized spacial score (nSPS) is 14.4. The van der Waals surface area contributed by atoms with Crippen molar-refractivity contribution in [3.8, 4) is 0 Å². The van der Waals surface area contributed by atoms with Crippen LogP contribution >= 0.6 is 0 Å². The van der Waals surface area contributed by atoms with Gasteiger partial charge in [-0.2, -0.15) is 0 Å². The van der Waals surface area contributed by atoms with Crippen molar-refractivity contribution in [3.05, 3.63) is 70.6 Å². The third-order valence-electron chi connectivity index (χ3n) is 4.70. The summed E-state index contributed by atoms with van der Waals surface area (Å²) in [6, 6.07) is 15.9. The van der Waals surface area contributed by atoms with Gasteiger partial charge in [0.2, 0.25) is 0 Å². The van der Waals surface area contributed by atoms with Crippen molar-refractivity contribution < 1.29 is 9.21 Å². The number of nitrogens with zero attached hydrogens (tertiary/aromatic N) is 1. The van der Waals surface area contributed by atoms with Gasteiger partial charge in [-0.05, 0) is 55.7 Å². The predicted molar refractivity (Wildman–Crippen MR) is 103 cm³/mol. The van der Waals surface area contributed by atoms with Gasteiger partial charge in [-0.3, -0.25) is 9.59 Å². The zero-order chi connectivity index (χ0) is 17.9. The highest BCUT2D eigenvalue weighted by atomic mass is 16.3. The van der Waals surface area contributed by atoms with Crippen molar-refractivity contribution in [2.24, 2.45) is 0 Å². The number of hydrogen-bond acceptors (Lipinski definition) is 4. The second-order valence-corrected chi connectivity index (χ2v) is 6.52. The first-order valence-electron chi connectivity index (χ1n) is 8.90. The topological polar surface area (TPSA) is 62.6 Å². The Morgan fingerprint density at radius 1 is 0.962 bits per heavy atom. The highest BCUT2D eigenvalue weighted by Gasteiger charge is 2.14. The van der Waals surface area contributed by atoms with Crippen LogP contribution in [0.3, 0.4) is 0 Å². The molecule has 0 radical (unpaired) electrons. The van der Waals surface area contributed by atoms with Crippen LogP contribution in [0.15, 0.2) is 63.8 Å². The summed E-state index contributed by atoms with van der Waals surface area (Å²) in [6.45, 7) is 2.15. The minimum absolute atomic E-state index is 0.00815. The second kappa shape index (κ2) is 7.04. The fourth-order valence-corrected chi connectivity index (χ4v) is 3.32. The molecule has 5 nitrogen and oxygen atoms in total. The molecule has 1 aliphatic rings. The van der Waals surface area contributed by atoms with Crippen molar-refractivity contribution in [2.45, 2.75) is 19.3 Å². The van der Waals surface area contributed by atoms with E-state index in [-0.39, 0.29) is 11.2 Å². The molecule has 1 aromatic heterocycles. The third kappa shape index (κ3) is 3.33. The molecular formula is C21H20N2O3. The number of rotatable bonds is 3. The highest BCUT2D eigenvalue weighted by molar-refractivity contribution is 6.03. The van der Waals surface area contributed by atoms with E-state index in [1.165, 1.54) is 31.0 Å². The van der Waals surface area contributed by atoms with E-state index in [9.17, 15) is 9.59 Å². The Kier molecular flexibility index (Phi) is 4.44. The summed E-state index contributed by atoms with van der Waals surface area (Å²) in [6.07, 6.45) is 3.74. The van der Waals surface area contributed by atoms with E-state index in [1.807, 2.05) is 24.3 Å². The number of fused-ring (bicyclic) bond motifs is 1. The van der Waals surface area contributed by atoms with Crippen molar-refractivity contribution in [1.29, 1.82) is 0 Å². The molecule has 0 aliphatic carbocycles. The van der Waals surface area contributed by atoms with Crippen LogP contribution in [0, 0.1) is 0 Å². The van der Waals surface area contributed by atoms with Crippen LogP contribution in [-0.4, -0.2) is 19.0 Å². The van der Waals surface area contributed by atoms with E-state index in [0.29, 0.717) is 16.7 Å². The van der Waals surface area contributed by atoms with E-state index in [0.717, 1.165) is 13.1 Å². The molecule has 1 aliphatic heterocycles. The third-order valence-corrected chi connectivity index (χ3v) is 4.70. The lowest BCUT2D eigenvalue weighted by atomic mass is 10.1. The number of carbonyl (C=O) groups is 1. The monoisotopic (exact) mass is 348 g/mol. The summed E-state index contributed by atoms with van der Waals surface area (Å²) >= 11 is 0. The second-order valence-electron chi connectivity index (χ2n) is 6.52. The quantitative estimate of drug-likeness (QED) is 0.776. The number of hydrogen-bond donors (Lipinski definition) is 1. The maximum atomic E-state index is 12.4. The lowest BCUT2D eigenvalue weighted by molar-refractivity contribution is 0.0997. The van der Waals surface area contributed by atoms with Gasteiger partial charge >= 0.3 is 0 Å². The van der Waals surface area contributed by atoms with Crippen molar-refractivity contribution in [1.82, 2.24) is 0 Å². The molecular weight excluding hydrogens is 328 g/mol. The fraction of sp³-hybridized carbons (Fsp3) is 0.238. The first-order chi connectivity index (χ1) is 12.7. The molecule has 2 aromatic carbocycles. The number of benzene rings is 2. The molecule has 0 saturated carbocycles. The smallest absolute Gasteiger partial charge is 0.291 e. The number of carbonyl (C=O) groups excluding carboxylic acids is 1. The zero-order valence-electron chi connectivity index (χ0n) is 14.4. The van der Waals surface area contributed by atoms with Crippen LogP contribution in [0.25, 0.3) is 11.0 Å². The van der Waals surface area contributed by atoms with Crippen LogP contribution in [0.2, 0.25) is 0 Å². The molecule has 1 fully saturated rings. The Morgan fingerprint density at radius 2 is 1.69 bits per heavy atom. The highest BCUT2D eigenvalue weighted by Crippen LogP contribution is 2.22. The number of piperidine rings is 1. The van der Waals surface area contributed by atoms with Crippen LogP contribution in [0.1, 0.15) is 29.8 Å². The van der Waals surface area contributed by atoms with Gasteiger partial charge in [0.1, 0.15) is 5.58 Å². The van der Waals surface area contributed by atoms with Crippen molar-refractivity contribution in [2.75, 3.05) is 23.3 Å². The van der Waals surface area contributed by atoms with E-state index in [1.54, 1.807) is 24.3 Å². The minimum atomic E-state index is -0.432. The first kappa shape index (κ1) is 16.4. The van der Waals surface area contributed by atoms with Crippen molar-refractivity contribution >= 4 is 28.3 Å². The van der Waals surface area contributed by atoms with Crippen LogP contribution < -0.4 is 15.6 Å². The summed E-state index contributed by atoms with van der Waals surface area (Å²) < 4.78 is 5.58. The maximum Gasteiger partial charge on any atom is 0.291 e. The van der Waals surface area contributed by atoms with E-state index < -0.39 is 5.91 Å². The Hall–Kier alpha value is -3.08. The summed E-state index contributed by atoms with van der Waals surface area (Å²) in [5, 5.41) is 3.26. The zero-order valence-corrected chi connectivity index (χ0v) is 14.4. The molecule has 1 amide bonds. The minimum Gasteiger partial charge on any atom is -0.451 e. The molecule has 4 rings (SSSR count). The van der Waals surface area contributed by atoms with E-state index >= 15 is 0 Å². The lowest BCUT2D eigenvalue weighted by Gasteiger charge is -2.28. The van der Waals surface area contributed by atoms with Gasteiger partial charge in [-0.15, -0.1) is 0 Å². The van der Waals surface area contributed by atoms with Crippen molar-refractivity contribution in [3.63, 3.8) is 0 Å². The molecule has 1 N–H and O–H groups in total. The standard InChI is InChI=1S/C21H20N2O3/c24-18-14-20(26-19-7-3-2-6-17(18)19)21(25)22-15-8-10-16(11-9-15)23-12-4-1-5-13-23/h2-3,6-11,14H,1,4-5,12-13H2,(H,22,25). The molecule has 1 saturated heterocycles. The molecule has 132 valence electrons. The number of para-hydroxylation sites is 1. The van der Waals surface area contributed by atoms with Gasteiger partial charge in [0.25, 0.3) is 5.91 Å². The van der Waals surface area contributed by atoms with Gasteiger partial charge in [-0.1, -0.05) is 12.1 Å². The summed E-state index contributed by atoms with van der Waals surface area (Å²) in [4.78, 5) is 26.9. The summed E-state index contributed by atoms with van der Waals surface area (Å²) in [7, 11) is 0. The maximum absolute atomic E-state index is 12.4. The SMILES string of the molecule is O=C(Nc1ccc(N2CCCCC2)cc1)c1cc(=O)c2ccccc2o1. The average molecular weight is 348 g/mol. The molecule has 0 bridgehead atoms. The Bertz CT molecular complexity index is 986. The largest absolute Gasteiger partial charge is 0.451 e. The van der Waals surface area contributed by atoms with Gasteiger partial charge in [0, 0.05) is 30.5 Å². The molecule has 0 atom stereocenters. The first-order valence-corrected chi connectivity index (χ1v) is 8.90.